The van der Waals surface area contributed by atoms with Crippen LogP contribution < -0.4 is 10.6 Å². The van der Waals surface area contributed by atoms with E-state index in [0.29, 0.717) is 6.54 Å². The Balaban J connectivity index is 1.71. The Labute approximate surface area is 151 Å². The summed E-state index contributed by atoms with van der Waals surface area (Å²) in [6.45, 7) is 8.18. The van der Waals surface area contributed by atoms with Gasteiger partial charge < -0.3 is 15.5 Å². The molecule has 2 rings (SSSR count). The van der Waals surface area contributed by atoms with Crippen LogP contribution in [-0.4, -0.2) is 36.0 Å². The fourth-order valence-corrected chi connectivity index (χ4v) is 3.27. The molecule has 5 heteroatoms. The van der Waals surface area contributed by atoms with Crippen LogP contribution in [0.25, 0.3) is 0 Å². The molecule has 1 fully saturated rings. The number of carbonyl (C=O) groups excluding carboxylic acids is 2. The average Bonchev–Trinajstić information content (AvgIpc) is 2.63. The maximum absolute atomic E-state index is 12.4. The molecule has 0 aromatic heterocycles. The van der Waals surface area contributed by atoms with Gasteiger partial charge in [0.1, 0.15) is 0 Å². The topological polar surface area (TPSA) is 61.4 Å². The van der Waals surface area contributed by atoms with Crippen LogP contribution in [0.2, 0.25) is 0 Å². The van der Waals surface area contributed by atoms with Crippen LogP contribution in [0.3, 0.4) is 0 Å². The zero-order chi connectivity index (χ0) is 18.2. The van der Waals surface area contributed by atoms with Crippen molar-refractivity contribution in [2.24, 2.45) is 5.92 Å². The zero-order valence-corrected chi connectivity index (χ0v) is 15.7. The summed E-state index contributed by atoms with van der Waals surface area (Å²) in [5.41, 5.74) is 2.30. The van der Waals surface area contributed by atoms with Gasteiger partial charge in [0.25, 0.3) is 0 Å². The first-order valence-corrected chi connectivity index (χ1v) is 9.42. The second-order valence-electron chi connectivity index (χ2n) is 6.93. The van der Waals surface area contributed by atoms with Crippen LogP contribution in [-0.2, 0) is 11.3 Å². The Hall–Kier alpha value is -2.04. The quantitative estimate of drug-likeness (QED) is 0.831. The van der Waals surface area contributed by atoms with Crippen LogP contribution in [0.1, 0.15) is 50.7 Å². The molecule has 0 spiro atoms. The highest BCUT2D eigenvalue weighted by molar-refractivity contribution is 5.79. The Bertz CT molecular complexity index is 559. The molecule has 1 aromatic rings. The van der Waals surface area contributed by atoms with Crippen LogP contribution in [0.5, 0.6) is 0 Å². The van der Waals surface area contributed by atoms with E-state index in [9.17, 15) is 9.59 Å². The number of amides is 3. The highest BCUT2D eigenvalue weighted by Crippen LogP contribution is 2.17. The van der Waals surface area contributed by atoms with Gasteiger partial charge in [0.2, 0.25) is 5.91 Å². The Morgan fingerprint density at radius 1 is 1.12 bits per heavy atom. The summed E-state index contributed by atoms with van der Waals surface area (Å²) in [5, 5.41) is 5.93. The molecule has 0 radical (unpaired) electrons. The first-order chi connectivity index (χ1) is 12.0. The number of nitrogens with zero attached hydrogens (tertiary/aromatic N) is 1. The lowest BCUT2D eigenvalue weighted by molar-refractivity contribution is -0.136. The second kappa shape index (κ2) is 9.44. The largest absolute Gasteiger partial charge is 0.342 e. The Morgan fingerprint density at radius 2 is 1.72 bits per heavy atom. The van der Waals surface area contributed by atoms with Crippen molar-refractivity contribution >= 4 is 11.9 Å². The van der Waals surface area contributed by atoms with Crippen molar-refractivity contribution in [2.45, 2.75) is 59.0 Å². The molecule has 2 N–H and O–H groups in total. The van der Waals surface area contributed by atoms with Crippen molar-refractivity contribution in [1.29, 1.82) is 0 Å². The van der Waals surface area contributed by atoms with Gasteiger partial charge in [-0.3, -0.25) is 4.79 Å². The summed E-state index contributed by atoms with van der Waals surface area (Å²) in [4.78, 5) is 26.4. The van der Waals surface area contributed by atoms with Gasteiger partial charge in [-0.15, -0.1) is 0 Å². The van der Waals surface area contributed by atoms with Gasteiger partial charge in [-0.05, 0) is 38.2 Å². The molecule has 138 valence electrons. The zero-order valence-electron chi connectivity index (χ0n) is 15.7. The molecular weight excluding hydrogens is 314 g/mol. The van der Waals surface area contributed by atoms with E-state index >= 15 is 0 Å². The molecule has 0 atom stereocenters. The fourth-order valence-electron chi connectivity index (χ4n) is 3.27. The van der Waals surface area contributed by atoms with Crippen molar-refractivity contribution in [3.63, 3.8) is 0 Å². The van der Waals surface area contributed by atoms with Crippen molar-refractivity contribution < 1.29 is 9.59 Å². The summed E-state index contributed by atoms with van der Waals surface area (Å²) in [6, 6.07) is 8.15. The maximum Gasteiger partial charge on any atom is 0.315 e. The number of hydrogen-bond donors (Lipinski definition) is 2. The minimum absolute atomic E-state index is 0.134. The molecule has 5 nitrogen and oxygen atoms in total. The number of carbonyl (C=O) groups is 2. The van der Waals surface area contributed by atoms with E-state index in [1.807, 2.05) is 36.1 Å². The lowest BCUT2D eigenvalue weighted by Gasteiger charge is -2.34. The fraction of sp³-hybridized carbons (Fsp3) is 0.600. The van der Waals surface area contributed by atoms with E-state index in [0.717, 1.165) is 44.3 Å². The first kappa shape index (κ1) is 19.3. The van der Waals surface area contributed by atoms with Crippen molar-refractivity contribution in [3.8, 4) is 0 Å². The number of nitrogens with one attached hydrogen (secondary N) is 2. The Kier molecular flexibility index (Phi) is 7.29. The molecule has 3 amide bonds. The minimum Gasteiger partial charge on any atom is -0.342 e. The van der Waals surface area contributed by atoms with Gasteiger partial charge in [0.05, 0.1) is 0 Å². The minimum atomic E-state index is -0.134. The van der Waals surface area contributed by atoms with Crippen molar-refractivity contribution in [1.82, 2.24) is 15.5 Å². The molecule has 0 aliphatic carbocycles. The van der Waals surface area contributed by atoms with Gasteiger partial charge in [-0.25, -0.2) is 4.79 Å². The molecule has 1 aliphatic heterocycles. The van der Waals surface area contributed by atoms with Crippen LogP contribution >= 0.6 is 0 Å². The number of rotatable bonds is 6. The molecule has 1 aliphatic rings. The van der Waals surface area contributed by atoms with Gasteiger partial charge in [-0.2, -0.15) is 0 Å². The third kappa shape index (κ3) is 5.76. The average molecular weight is 345 g/mol. The maximum atomic E-state index is 12.4. The molecule has 0 unspecified atom stereocenters. The summed E-state index contributed by atoms with van der Waals surface area (Å²) in [5.74, 6) is 0.412. The molecular formula is C20H31N3O2. The third-order valence-electron chi connectivity index (χ3n) is 5.05. The number of benzene rings is 1. The molecule has 0 saturated carbocycles. The van der Waals surface area contributed by atoms with E-state index in [1.54, 1.807) is 0 Å². The third-order valence-corrected chi connectivity index (χ3v) is 5.05. The van der Waals surface area contributed by atoms with Crippen molar-refractivity contribution in [2.75, 3.05) is 13.1 Å². The summed E-state index contributed by atoms with van der Waals surface area (Å²) in [7, 11) is 0. The van der Waals surface area contributed by atoms with Gasteiger partial charge in [0, 0.05) is 31.6 Å². The predicted molar refractivity (Wildman–Crippen MR) is 100 cm³/mol. The number of aryl methyl sites for hydroxylation is 1. The number of hydrogen-bond acceptors (Lipinski definition) is 2. The van der Waals surface area contributed by atoms with E-state index in [-0.39, 0.29) is 23.9 Å². The molecule has 25 heavy (non-hydrogen) atoms. The molecule has 1 heterocycles. The van der Waals surface area contributed by atoms with Crippen LogP contribution in [0.4, 0.5) is 4.79 Å². The SMILES string of the molecule is CCC(CC)C(=O)N1CCC(NC(=O)NCc2ccc(C)cc2)CC1. The predicted octanol–water partition coefficient (Wildman–Crippen LogP) is 3.22. The lowest BCUT2D eigenvalue weighted by Crippen LogP contribution is -2.50. The lowest BCUT2D eigenvalue weighted by atomic mass is 9.98. The standard InChI is InChI=1S/C20H31N3O2/c1-4-17(5-2)19(24)23-12-10-18(11-13-23)22-20(25)21-14-16-8-6-15(3)7-9-16/h6-9,17-18H,4-5,10-14H2,1-3H3,(H2,21,22,25). The van der Waals surface area contributed by atoms with Gasteiger partial charge >= 0.3 is 6.03 Å². The van der Waals surface area contributed by atoms with Gasteiger partial charge in [-0.1, -0.05) is 43.7 Å². The van der Waals surface area contributed by atoms with Gasteiger partial charge in [0.15, 0.2) is 0 Å². The van der Waals surface area contributed by atoms with E-state index in [4.69, 9.17) is 0 Å². The smallest absolute Gasteiger partial charge is 0.315 e. The van der Waals surface area contributed by atoms with Crippen molar-refractivity contribution in [3.05, 3.63) is 35.4 Å². The number of piperidine rings is 1. The van der Waals surface area contributed by atoms with E-state index in [2.05, 4.69) is 24.5 Å². The monoisotopic (exact) mass is 345 g/mol. The number of urea groups is 1. The van der Waals surface area contributed by atoms with E-state index < -0.39 is 0 Å². The number of likely N-dealkylation sites (tertiary alicyclic amines) is 1. The second-order valence-corrected chi connectivity index (χ2v) is 6.93. The molecule has 1 aromatic carbocycles. The molecule has 0 bridgehead atoms. The summed E-state index contributed by atoms with van der Waals surface area (Å²) in [6.07, 6.45) is 3.44. The van der Waals surface area contributed by atoms with E-state index in [1.165, 1.54) is 5.56 Å². The van der Waals surface area contributed by atoms with Crippen LogP contribution in [0.15, 0.2) is 24.3 Å². The normalized spacial score (nSPS) is 15.3. The highest BCUT2D eigenvalue weighted by atomic mass is 16.2. The summed E-state index contributed by atoms with van der Waals surface area (Å²) < 4.78 is 0. The molecule has 1 saturated heterocycles. The Morgan fingerprint density at radius 3 is 2.28 bits per heavy atom. The first-order valence-electron chi connectivity index (χ1n) is 9.42. The highest BCUT2D eigenvalue weighted by Gasteiger charge is 2.27. The summed E-state index contributed by atoms with van der Waals surface area (Å²) >= 11 is 0. The van der Waals surface area contributed by atoms with Crippen LogP contribution in [0, 0.1) is 12.8 Å².